The summed E-state index contributed by atoms with van der Waals surface area (Å²) in [4.78, 5) is 29.4. The molecule has 5 rings (SSSR count). The molecule has 27 heavy (non-hydrogen) atoms. The predicted octanol–water partition coefficient (Wildman–Crippen LogP) is 4.45. The average molecular weight is 425 g/mol. The van der Waals surface area contributed by atoms with Crippen molar-refractivity contribution in [2.45, 2.75) is 38.1 Å². The van der Waals surface area contributed by atoms with E-state index in [1.165, 1.54) is 11.3 Å². The molecule has 142 valence electrons. The number of nitrogens with zero attached hydrogens (tertiary/aromatic N) is 1. The fraction of sp³-hybridized carbons (Fsp3) is 0.421. The number of hydrogen-bond donors (Lipinski definition) is 1. The first kappa shape index (κ1) is 18.7. The molecule has 2 bridgehead atoms. The number of aromatic nitrogens is 1. The highest BCUT2D eigenvalue weighted by atomic mass is 35.5. The Morgan fingerprint density at radius 3 is 2.63 bits per heavy atom. The van der Waals surface area contributed by atoms with Gasteiger partial charge in [0.25, 0.3) is 5.91 Å². The lowest BCUT2D eigenvalue weighted by Crippen LogP contribution is -2.75. The first-order chi connectivity index (χ1) is 12.8. The summed E-state index contributed by atoms with van der Waals surface area (Å²) < 4.78 is 5.47. The van der Waals surface area contributed by atoms with Crippen LogP contribution in [0.5, 0.6) is 5.75 Å². The smallest absolute Gasteiger partial charge is 0.258 e. The number of thiazole rings is 1. The number of rotatable bonds is 7. The average Bonchev–Trinajstić information content (AvgIpc) is 2.99. The molecule has 1 N–H and O–H groups in total. The maximum absolute atomic E-state index is 12.4. The molecule has 1 heterocycles. The van der Waals surface area contributed by atoms with Crippen LogP contribution in [-0.4, -0.2) is 28.8 Å². The molecule has 0 spiro atoms. The maximum Gasteiger partial charge on any atom is 0.258 e. The molecule has 1 aromatic heterocycles. The van der Waals surface area contributed by atoms with E-state index < -0.39 is 0 Å². The second-order valence-electron chi connectivity index (χ2n) is 7.57. The van der Waals surface area contributed by atoms with Gasteiger partial charge in [-0.05, 0) is 43.7 Å². The number of carbonyl (C=O) groups excluding carboxylic acids is 2. The predicted molar refractivity (Wildman–Crippen MR) is 105 cm³/mol. The fourth-order valence-corrected chi connectivity index (χ4v) is 5.29. The third kappa shape index (κ3) is 3.71. The molecule has 1 aromatic carbocycles. The molecule has 0 unspecified atom stereocenters. The summed E-state index contributed by atoms with van der Waals surface area (Å²) in [5.41, 5.74) is -0.116. The Morgan fingerprint density at radius 2 is 2.00 bits per heavy atom. The molecule has 3 saturated carbocycles. The summed E-state index contributed by atoms with van der Waals surface area (Å²) in [5.74, 6) is 0.487. The summed E-state index contributed by atoms with van der Waals surface area (Å²) in [7, 11) is 0. The molecule has 3 fully saturated rings. The number of ether oxygens (including phenoxy) is 1. The Hall–Kier alpha value is -1.63. The molecule has 3 aliphatic rings. The first-order valence-electron chi connectivity index (χ1n) is 8.63. The van der Waals surface area contributed by atoms with Gasteiger partial charge in [0.2, 0.25) is 0 Å². The molecule has 5 nitrogen and oxygen atoms in total. The van der Waals surface area contributed by atoms with Crippen LogP contribution in [0.1, 0.15) is 40.4 Å². The molecule has 2 aromatic rings. The van der Waals surface area contributed by atoms with Crippen LogP contribution in [0.3, 0.4) is 0 Å². The lowest BCUT2D eigenvalue weighted by Gasteiger charge is -2.70. The number of carbonyl (C=O) groups is 2. The molecule has 3 aliphatic carbocycles. The normalized spacial score (nSPS) is 25.3. The van der Waals surface area contributed by atoms with Gasteiger partial charge in [-0.2, -0.15) is 0 Å². The highest BCUT2D eigenvalue weighted by Gasteiger charge is 2.68. The van der Waals surface area contributed by atoms with E-state index in [9.17, 15) is 9.59 Å². The van der Waals surface area contributed by atoms with E-state index in [0.717, 1.165) is 29.1 Å². The second kappa shape index (κ2) is 6.76. The van der Waals surface area contributed by atoms with E-state index >= 15 is 0 Å². The van der Waals surface area contributed by atoms with Crippen molar-refractivity contribution in [1.29, 1.82) is 0 Å². The van der Waals surface area contributed by atoms with Crippen LogP contribution in [0, 0.1) is 12.3 Å². The maximum atomic E-state index is 12.4. The zero-order valence-corrected chi connectivity index (χ0v) is 17.0. The SMILES string of the molecule is Cc1ncc(C(=O)CC23CC(NC(=O)COc4ccc(Cl)c(Cl)c4)(C2)C3)s1. The van der Waals surface area contributed by atoms with Crippen LogP contribution < -0.4 is 10.1 Å². The molecule has 8 heteroatoms. The summed E-state index contributed by atoms with van der Waals surface area (Å²) in [6.07, 6.45) is 4.74. The number of ketones is 1. The third-order valence-electron chi connectivity index (χ3n) is 5.24. The van der Waals surface area contributed by atoms with Gasteiger partial charge in [-0.1, -0.05) is 23.2 Å². The third-order valence-corrected chi connectivity index (χ3v) is 6.93. The molecular weight excluding hydrogens is 407 g/mol. The number of amides is 1. The van der Waals surface area contributed by atoms with Crippen molar-refractivity contribution >= 4 is 46.2 Å². The molecule has 0 radical (unpaired) electrons. The number of hydrogen-bond acceptors (Lipinski definition) is 5. The topological polar surface area (TPSA) is 68.3 Å². The van der Waals surface area contributed by atoms with Crippen molar-refractivity contribution < 1.29 is 14.3 Å². The van der Waals surface area contributed by atoms with Gasteiger partial charge in [0.15, 0.2) is 12.4 Å². The molecule has 0 saturated heterocycles. The molecule has 0 atom stereocenters. The minimum atomic E-state index is -0.168. The van der Waals surface area contributed by atoms with E-state index in [2.05, 4.69) is 10.3 Å². The Morgan fingerprint density at radius 1 is 1.26 bits per heavy atom. The first-order valence-corrected chi connectivity index (χ1v) is 10.2. The van der Waals surface area contributed by atoms with E-state index in [4.69, 9.17) is 27.9 Å². The van der Waals surface area contributed by atoms with Crippen molar-refractivity contribution in [3.05, 3.63) is 44.3 Å². The van der Waals surface area contributed by atoms with Crippen LogP contribution >= 0.6 is 34.5 Å². The van der Waals surface area contributed by atoms with Gasteiger partial charge in [-0.25, -0.2) is 4.98 Å². The zero-order chi connectivity index (χ0) is 19.2. The summed E-state index contributed by atoms with van der Waals surface area (Å²) in [6.45, 7) is 1.82. The highest BCUT2D eigenvalue weighted by Crippen LogP contribution is 2.69. The van der Waals surface area contributed by atoms with Gasteiger partial charge in [0, 0.05) is 24.2 Å². The lowest BCUT2D eigenvalue weighted by molar-refractivity contribution is -0.164. The van der Waals surface area contributed by atoms with Crippen molar-refractivity contribution in [1.82, 2.24) is 10.3 Å². The van der Waals surface area contributed by atoms with E-state index in [1.54, 1.807) is 24.4 Å². The number of nitrogens with one attached hydrogen (secondary N) is 1. The van der Waals surface area contributed by atoms with Crippen molar-refractivity contribution in [2.75, 3.05) is 6.61 Å². The minimum absolute atomic E-state index is 0.0484. The fourth-order valence-electron chi connectivity index (χ4n) is 4.28. The monoisotopic (exact) mass is 424 g/mol. The zero-order valence-electron chi connectivity index (χ0n) is 14.7. The summed E-state index contributed by atoms with van der Waals surface area (Å²) in [6, 6.07) is 4.88. The van der Waals surface area contributed by atoms with Gasteiger partial charge in [-0.15, -0.1) is 11.3 Å². The van der Waals surface area contributed by atoms with Crippen molar-refractivity contribution in [3.8, 4) is 5.75 Å². The number of aryl methyl sites for hydroxylation is 1. The van der Waals surface area contributed by atoms with Gasteiger partial charge >= 0.3 is 0 Å². The molecule has 0 aliphatic heterocycles. The number of benzene rings is 1. The Bertz CT molecular complexity index is 908. The summed E-state index contributed by atoms with van der Waals surface area (Å²) in [5, 5.41) is 4.78. The van der Waals surface area contributed by atoms with Gasteiger partial charge in [0.05, 0.1) is 19.9 Å². The van der Waals surface area contributed by atoms with Crippen LogP contribution in [0.2, 0.25) is 10.0 Å². The Labute approximate surface area is 171 Å². The van der Waals surface area contributed by atoms with Crippen LogP contribution in [-0.2, 0) is 4.79 Å². The number of Topliss-reactive ketones (excluding diaryl/α,β-unsaturated/α-hetero) is 1. The van der Waals surface area contributed by atoms with Gasteiger partial charge in [-0.3, -0.25) is 9.59 Å². The van der Waals surface area contributed by atoms with Crippen LogP contribution in [0.25, 0.3) is 0 Å². The minimum Gasteiger partial charge on any atom is -0.484 e. The van der Waals surface area contributed by atoms with Gasteiger partial charge in [0.1, 0.15) is 5.75 Å². The van der Waals surface area contributed by atoms with Crippen molar-refractivity contribution in [3.63, 3.8) is 0 Å². The largest absolute Gasteiger partial charge is 0.484 e. The molecular formula is C19H18Cl2N2O3S. The second-order valence-corrected chi connectivity index (χ2v) is 9.62. The van der Waals surface area contributed by atoms with Crippen molar-refractivity contribution in [2.24, 2.45) is 5.41 Å². The summed E-state index contributed by atoms with van der Waals surface area (Å²) >= 11 is 13.2. The molecule has 1 amide bonds. The quantitative estimate of drug-likeness (QED) is 0.666. The standard InChI is InChI=1S/C19H18Cl2N2O3S/c1-11-22-6-16(27-11)15(24)5-18-8-19(9-18,10-18)23-17(25)7-26-12-2-3-13(20)14(21)4-12/h2-4,6H,5,7-10H2,1H3,(H,23,25). The Kier molecular flexibility index (Phi) is 4.69. The highest BCUT2D eigenvalue weighted by molar-refractivity contribution is 7.13. The van der Waals surface area contributed by atoms with Gasteiger partial charge < -0.3 is 10.1 Å². The number of halogens is 2. The Balaban J connectivity index is 1.23. The van der Waals surface area contributed by atoms with Crippen LogP contribution in [0.4, 0.5) is 0 Å². The van der Waals surface area contributed by atoms with E-state index in [1.807, 2.05) is 6.92 Å². The lowest BCUT2D eigenvalue weighted by atomic mass is 9.38. The van der Waals surface area contributed by atoms with E-state index in [0.29, 0.717) is 22.2 Å². The van der Waals surface area contributed by atoms with Crippen LogP contribution in [0.15, 0.2) is 24.4 Å². The van der Waals surface area contributed by atoms with E-state index in [-0.39, 0.29) is 29.3 Å².